The summed E-state index contributed by atoms with van der Waals surface area (Å²) in [6, 6.07) is 6.40. The Labute approximate surface area is 167 Å². The monoisotopic (exact) mass is 410 g/mol. The van der Waals surface area contributed by atoms with Crippen molar-refractivity contribution in [3.8, 4) is 0 Å². The predicted octanol–water partition coefficient (Wildman–Crippen LogP) is 2.15. The second kappa shape index (κ2) is 9.38. The molecule has 1 fully saturated rings. The van der Waals surface area contributed by atoms with Crippen LogP contribution < -0.4 is 15.4 Å². The molecule has 0 atom stereocenters. The van der Waals surface area contributed by atoms with Gasteiger partial charge in [-0.2, -0.15) is 0 Å². The molecular weight excluding hydrogens is 380 g/mol. The summed E-state index contributed by atoms with van der Waals surface area (Å²) in [5, 5.41) is 5.15. The maximum absolute atomic E-state index is 12.5. The highest BCUT2D eigenvalue weighted by molar-refractivity contribution is 7.90. The first-order valence-electron chi connectivity index (χ1n) is 9.56. The van der Waals surface area contributed by atoms with E-state index < -0.39 is 15.3 Å². The van der Waals surface area contributed by atoms with Gasteiger partial charge in [-0.05, 0) is 58.7 Å². The predicted molar refractivity (Wildman–Crippen MR) is 110 cm³/mol. The Hall–Kier alpha value is -2.13. The lowest BCUT2D eigenvalue weighted by Gasteiger charge is -2.32. The molecule has 0 unspecified atom stereocenters. The number of carbonyl (C=O) groups excluding carboxylic acids is 2. The first-order valence-corrected chi connectivity index (χ1v) is 11.1. The van der Waals surface area contributed by atoms with Crippen LogP contribution in [0, 0.1) is 0 Å². The van der Waals surface area contributed by atoms with E-state index in [0.717, 1.165) is 0 Å². The number of hydrogen-bond acceptors (Lipinski definition) is 4. The number of rotatable bonds is 6. The number of nitrogens with zero attached hydrogens (tertiary/aromatic N) is 1. The fraction of sp³-hybridized carbons (Fsp3) is 0.579. The minimum absolute atomic E-state index is 0.0279. The number of anilines is 1. The van der Waals surface area contributed by atoms with Gasteiger partial charge < -0.3 is 15.5 Å². The lowest BCUT2D eigenvalue weighted by molar-refractivity contribution is 0.0943. The van der Waals surface area contributed by atoms with Gasteiger partial charge in [0.05, 0.1) is 5.25 Å². The smallest absolute Gasteiger partial charge is 0.321 e. The van der Waals surface area contributed by atoms with E-state index >= 15 is 0 Å². The molecule has 156 valence electrons. The molecule has 0 spiro atoms. The molecule has 1 aromatic rings. The zero-order valence-electron chi connectivity index (χ0n) is 16.9. The van der Waals surface area contributed by atoms with Crippen molar-refractivity contribution in [2.45, 2.75) is 57.9 Å². The van der Waals surface area contributed by atoms with Crippen molar-refractivity contribution in [1.82, 2.24) is 14.9 Å². The van der Waals surface area contributed by atoms with Crippen LogP contribution in [0.25, 0.3) is 0 Å². The van der Waals surface area contributed by atoms with Crippen molar-refractivity contribution in [1.29, 1.82) is 0 Å². The first-order chi connectivity index (χ1) is 13.1. The Morgan fingerprint density at radius 1 is 1.11 bits per heavy atom. The lowest BCUT2D eigenvalue weighted by Crippen LogP contribution is -2.48. The number of urea groups is 1. The van der Waals surface area contributed by atoms with Crippen LogP contribution in [0.15, 0.2) is 24.3 Å². The van der Waals surface area contributed by atoms with Crippen molar-refractivity contribution in [3.63, 3.8) is 0 Å². The number of sulfonamides is 1. The minimum Gasteiger partial charge on any atom is -0.350 e. The number of piperidine rings is 1. The summed E-state index contributed by atoms with van der Waals surface area (Å²) in [5.74, 6) is -0.190. The lowest BCUT2D eigenvalue weighted by atomic mass is 10.1. The summed E-state index contributed by atoms with van der Waals surface area (Å²) in [5.41, 5.74) is 1.03. The van der Waals surface area contributed by atoms with Crippen LogP contribution in [0.1, 0.15) is 50.9 Å². The van der Waals surface area contributed by atoms with E-state index in [0.29, 0.717) is 37.2 Å². The number of nitrogens with one attached hydrogen (secondary N) is 3. The summed E-state index contributed by atoms with van der Waals surface area (Å²) in [6.07, 6.45) is 1.13. The molecule has 0 aliphatic carbocycles. The van der Waals surface area contributed by atoms with E-state index in [1.807, 2.05) is 13.8 Å². The van der Waals surface area contributed by atoms with Gasteiger partial charge >= 0.3 is 6.03 Å². The third-order valence-electron chi connectivity index (χ3n) is 4.53. The van der Waals surface area contributed by atoms with Crippen molar-refractivity contribution < 1.29 is 18.0 Å². The summed E-state index contributed by atoms with van der Waals surface area (Å²) >= 11 is 0. The number of amides is 3. The Balaban J connectivity index is 1.90. The minimum atomic E-state index is -3.31. The number of carbonyl (C=O) groups is 2. The summed E-state index contributed by atoms with van der Waals surface area (Å²) in [4.78, 5) is 26.3. The number of hydrogen-bond donors (Lipinski definition) is 3. The Morgan fingerprint density at radius 3 is 2.32 bits per heavy atom. The van der Waals surface area contributed by atoms with Crippen LogP contribution in [0.3, 0.4) is 0 Å². The molecule has 1 aromatic carbocycles. The fourth-order valence-electron chi connectivity index (χ4n) is 2.86. The van der Waals surface area contributed by atoms with Crippen LogP contribution in [0.5, 0.6) is 0 Å². The fourth-order valence-corrected chi connectivity index (χ4v) is 3.83. The topological polar surface area (TPSA) is 108 Å². The Bertz CT molecular complexity index is 800. The van der Waals surface area contributed by atoms with Gasteiger partial charge in [-0.3, -0.25) is 4.79 Å². The normalized spacial score (nSPS) is 15.7. The quantitative estimate of drug-likeness (QED) is 0.668. The summed E-state index contributed by atoms with van der Waals surface area (Å²) in [7, 11) is -3.31. The molecule has 9 heteroatoms. The van der Waals surface area contributed by atoms with E-state index in [2.05, 4.69) is 15.4 Å². The van der Waals surface area contributed by atoms with Crippen molar-refractivity contribution in [2.24, 2.45) is 0 Å². The molecule has 1 aliphatic heterocycles. The maximum atomic E-state index is 12.5. The molecule has 0 bridgehead atoms. The van der Waals surface area contributed by atoms with Gasteiger partial charge in [-0.1, -0.05) is 6.07 Å². The highest BCUT2D eigenvalue weighted by Crippen LogP contribution is 2.16. The Morgan fingerprint density at radius 2 is 1.75 bits per heavy atom. The summed E-state index contributed by atoms with van der Waals surface area (Å²) in [6.45, 7) is 7.97. The number of likely N-dealkylation sites (tertiary alicyclic amines) is 1. The van der Waals surface area contributed by atoms with Crippen LogP contribution in [0.4, 0.5) is 10.5 Å². The van der Waals surface area contributed by atoms with Crippen molar-refractivity contribution >= 4 is 27.6 Å². The van der Waals surface area contributed by atoms with Gasteiger partial charge in [0.25, 0.3) is 5.91 Å². The molecule has 28 heavy (non-hydrogen) atoms. The highest BCUT2D eigenvalue weighted by Gasteiger charge is 2.27. The number of benzene rings is 1. The van der Waals surface area contributed by atoms with E-state index in [9.17, 15) is 18.0 Å². The third-order valence-corrected chi connectivity index (χ3v) is 6.43. The molecule has 1 aliphatic rings. The molecular formula is C19H30N4O4S. The maximum Gasteiger partial charge on any atom is 0.321 e. The van der Waals surface area contributed by atoms with Gasteiger partial charge in [-0.15, -0.1) is 0 Å². The van der Waals surface area contributed by atoms with E-state index in [4.69, 9.17) is 0 Å². The molecule has 0 radical (unpaired) electrons. The molecule has 1 saturated heterocycles. The van der Waals surface area contributed by atoms with Crippen LogP contribution in [0.2, 0.25) is 0 Å². The standard InChI is InChI=1S/C19H30N4O4S/c1-13(2)20-18(24)15-6-5-7-17(12-15)21-19(25)23-10-8-16(9-11-23)22-28(26,27)14(3)4/h5-7,12-14,16,22H,8-11H2,1-4H3,(H,20,24)(H,21,25). The molecule has 2 rings (SSSR count). The molecule has 0 saturated carbocycles. The average Bonchev–Trinajstić information content (AvgIpc) is 2.61. The van der Waals surface area contributed by atoms with Gasteiger partial charge in [0.1, 0.15) is 0 Å². The highest BCUT2D eigenvalue weighted by atomic mass is 32.2. The van der Waals surface area contributed by atoms with E-state index in [1.54, 1.807) is 43.0 Å². The van der Waals surface area contributed by atoms with Crippen molar-refractivity contribution in [2.75, 3.05) is 18.4 Å². The largest absolute Gasteiger partial charge is 0.350 e. The summed E-state index contributed by atoms with van der Waals surface area (Å²) < 4.78 is 26.7. The van der Waals surface area contributed by atoms with Crippen LogP contribution >= 0.6 is 0 Å². The molecule has 3 N–H and O–H groups in total. The second-order valence-electron chi connectivity index (χ2n) is 7.61. The van der Waals surface area contributed by atoms with Gasteiger partial charge in [0.15, 0.2) is 0 Å². The second-order valence-corrected chi connectivity index (χ2v) is 9.88. The van der Waals surface area contributed by atoms with Crippen LogP contribution in [-0.4, -0.2) is 55.7 Å². The Kier molecular flexibility index (Phi) is 7.42. The zero-order chi connectivity index (χ0) is 20.9. The average molecular weight is 411 g/mol. The third kappa shape index (κ3) is 6.20. The molecule has 0 aromatic heterocycles. The van der Waals surface area contributed by atoms with Crippen molar-refractivity contribution in [3.05, 3.63) is 29.8 Å². The van der Waals surface area contributed by atoms with E-state index in [1.165, 1.54) is 0 Å². The zero-order valence-corrected chi connectivity index (χ0v) is 17.7. The molecule has 8 nitrogen and oxygen atoms in total. The van der Waals surface area contributed by atoms with E-state index in [-0.39, 0.29) is 24.0 Å². The first kappa shape index (κ1) is 22.2. The molecule has 1 heterocycles. The van der Waals surface area contributed by atoms with Gasteiger partial charge in [-0.25, -0.2) is 17.9 Å². The SMILES string of the molecule is CC(C)NC(=O)c1cccc(NC(=O)N2CCC(NS(=O)(=O)C(C)C)CC2)c1. The van der Waals surface area contributed by atoms with Crippen LogP contribution in [-0.2, 0) is 10.0 Å². The molecule has 3 amide bonds. The van der Waals surface area contributed by atoms with Gasteiger partial charge in [0.2, 0.25) is 10.0 Å². The van der Waals surface area contributed by atoms with Gasteiger partial charge in [0, 0.05) is 36.4 Å².